The maximum Gasteiger partial charge on any atom is 0.312 e. The summed E-state index contributed by atoms with van der Waals surface area (Å²) in [4.78, 5) is 92.5. The lowest BCUT2D eigenvalue weighted by Gasteiger charge is -2.44. The van der Waals surface area contributed by atoms with Gasteiger partial charge in [-0.25, -0.2) is 0 Å². The van der Waals surface area contributed by atoms with Gasteiger partial charge in [-0.1, -0.05) is 55.4 Å². The smallest absolute Gasteiger partial charge is 0.312 e. The second-order valence-corrected chi connectivity index (χ2v) is 43.6. The first-order valence-electron chi connectivity index (χ1n) is 45.8. The van der Waals surface area contributed by atoms with Crippen LogP contribution in [0.1, 0.15) is 223 Å². The molecule has 111 heavy (non-hydrogen) atoms. The van der Waals surface area contributed by atoms with Crippen molar-refractivity contribution < 1.29 is 85.7 Å². The second kappa shape index (κ2) is 28.5. The van der Waals surface area contributed by atoms with E-state index >= 15 is 0 Å². The van der Waals surface area contributed by atoms with E-state index in [1.54, 1.807) is 7.11 Å². The van der Waals surface area contributed by atoms with Crippen molar-refractivity contribution in [3.05, 3.63) is 0 Å². The SMILES string of the molecule is CC1CC2CC1C1(CCOC1=O)C2.CC1CC2CC1C1(COC(=O)C1)C2.CC1CC2CC1C1C(=O)OCC21.CC1CC2CC1C1C2C2CC1C1(CCOC1=O)C2.CC1CC2CC1CC21CCOC1=O.CC1CC2CC1CC21COC(=O)C1.CCOC1C(C)C2CC1C1C(=O)OCC21.COC1C(C)C2CC1C1C(=O)OCC21. The number of carbonyl (C=O) groups excluding carboxylic acids is 8. The molecule has 26 fully saturated rings. The molecule has 8 aliphatic heterocycles. The van der Waals surface area contributed by atoms with Gasteiger partial charge in [0.15, 0.2) is 0 Å². The highest BCUT2D eigenvalue weighted by Gasteiger charge is 2.72. The number of hydrogen-bond donors (Lipinski definition) is 0. The molecular formula is C93H134O18. The topological polar surface area (TPSA) is 229 Å². The van der Waals surface area contributed by atoms with E-state index in [-0.39, 0.29) is 92.8 Å². The number of methoxy groups -OCH3 is 1. The molecule has 18 saturated carbocycles. The van der Waals surface area contributed by atoms with Gasteiger partial charge in [0.25, 0.3) is 0 Å². The van der Waals surface area contributed by atoms with Crippen LogP contribution in [0.4, 0.5) is 0 Å². The Bertz CT molecular complexity index is 3640. The van der Waals surface area contributed by atoms with E-state index in [0.29, 0.717) is 135 Å². The Hall–Kier alpha value is -4.32. The predicted octanol–water partition coefficient (Wildman–Crippen LogP) is 14.8. The monoisotopic (exact) mass is 1540 g/mol. The molecule has 0 aromatic rings. The van der Waals surface area contributed by atoms with Crippen LogP contribution in [-0.4, -0.2) is 127 Å². The van der Waals surface area contributed by atoms with Crippen molar-refractivity contribution in [3.63, 3.8) is 0 Å². The molecule has 0 amide bonds. The van der Waals surface area contributed by atoms with E-state index < -0.39 is 0 Å². The number of fused-ring (bicyclic) bond motifs is 37. The summed E-state index contributed by atoms with van der Waals surface area (Å²) in [5.41, 5.74) is 0.503. The summed E-state index contributed by atoms with van der Waals surface area (Å²) in [6.45, 7) is 26.9. The predicted molar refractivity (Wildman–Crippen MR) is 406 cm³/mol. The Morgan fingerprint density at radius 2 is 0.847 bits per heavy atom. The molecule has 614 valence electrons. The lowest BCUT2D eigenvalue weighted by atomic mass is 9.59. The van der Waals surface area contributed by atoms with Crippen LogP contribution in [0.25, 0.3) is 0 Å². The molecule has 0 N–H and O–H groups in total. The number of esters is 8. The van der Waals surface area contributed by atoms with Crippen molar-refractivity contribution in [3.8, 4) is 0 Å². The average molecular weight is 1540 g/mol. The number of hydrogen-bond acceptors (Lipinski definition) is 18. The fourth-order valence-corrected chi connectivity index (χ4v) is 34.9. The van der Waals surface area contributed by atoms with E-state index in [0.717, 1.165) is 165 Å². The van der Waals surface area contributed by atoms with Crippen LogP contribution in [0.15, 0.2) is 0 Å². The van der Waals surface area contributed by atoms with Gasteiger partial charge in [-0.3, -0.25) is 38.4 Å². The van der Waals surface area contributed by atoms with Crippen LogP contribution in [0.3, 0.4) is 0 Å². The van der Waals surface area contributed by atoms with Crippen LogP contribution in [0.2, 0.25) is 0 Å². The normalized spacial score (nSPS) is 55.3. The molecule has 18 heteroatoms. The van der Waals surface area contributed by atoms with Crippen molar-refractivity contribution in [2.75, 3.05) is 66.6 Å². The molecule has 0 radical (unpaired) electrons. The first kappa shape index (κ1) is 76.6. The highest BCUT2D eigenvalue weighted by molar-refractivity contribution is 5.82. The first-order valence-corrected chi connectivity index (χ1v) is 45.8. The van der Waals surface area contributed by atoms with Gasteiger partial charge in [0, 0.05) is 42.3 Å². The fourth-order valence-electron chi connectivity index (χ4n) is 34.9. The third kappa shape index (κ3) is 12.0. The lowest BCUT2D eigenvalue weighted by molar-refractivity contribution is -0.151. The zero-order valence-electron chi connectivity index (χ0n) is 68.7. The summed E-state index contributed by atoms with van der Waals surface area (Å²) in [6.07, 6.45) is 30.9. The summed E-state index contributed by atoms with van der Waals surface area (Å²) in [6, 6.07) is 0. The van der Waals surface area contributed by atoms with Crippen LogP contribution in [-0.2, 0) is 85.7 Å². The summed E-state index contributed by atoms with van der Waals surface area (Å²) in [5, 5.41) is 0. The third-order valence-electron chi connectivity index (χ3n) is 39.3. The Kier molecular flexibility index (Phi) is 19.7. The largest absolute Gasteiger partial charge is 0.465 e. The Morgan fingerprint density at radius 3 is 1.35 bits per heavy atom. The molecule has 0 aromatic carbocycles. The summed E-state index contributed by atoms with van der Waals surface area (Å²) in [7, 11) is 1.76. The zero-order chi connectivity index (χ0) is 77.0. The van der Waals surface area contributed by atoms with Crippen molar-refractivity contribution in [1.82, 2.24) is 0 Å². The van der Waals surface area contributed by atoms with Crippen molar-refractivity contribution in [2.45, 2.75) is 235 Å². The molecule has 8 saturated heterocycles. The lowest BCUT2D eigenvalue weighted by Crippen LogP contribution is -2.43. The van der Waals surface area contributed by atoms with Gasteiger partial charge < -0.3 is 47.4 Å². The van der Waals surface area contributed by atoms with Crippen molar-refractivity contribution in [2.24, 2.45) is 228 Å². The van der Waals surface area contributed by atoms with E-state index in [1.165, 1.54) is 116 Å². The Balaban J connectivity index is 0.0000000859. The minimum absolute atomic E-state index is 0.0167. The highest BCUT2D eigenvalue weighted by Crippen LogP contribution is 2.75. The molecule has 0 aromatic heterocycles. The van der Waals surface area contributed by atoms with Crippen molar-refractivity contribution >= 4 is 47.8 Å². The zero-order valence-corrected chi connectivity index (χ0v) is 68.7. The van der Waals surface area contributed by atoms with E-state index in [2.05, 4.69) is 55.4 Å². The summed E-state index contributed by atoms with van der Waals surface area (Å²) >= 11 is 0. The van der Waals surface area contributed by atoms with Gasteiger partial charge in [-0.15, -0.1) is 0 Å². The van der Waals surface area contributed by atoms with Crippen LogP contribution >= 0.6 is 0 Å². The van der Waals surface area contributed by atoms with Gasteiger partial charge in [-0.2, -0.15) is 0 Å². The molecular weight excluding hydrogens is 1410 g/mol. The molecule has 8 heterocycles. The second-order valence-electron chi connectivity index (χ2n) is 43.6. The van der Waals surface area contributed by atoms with Gasteiger partial charge in [0.1, 0.15) is 0 Å². The molecule has 18 nitrogen and oxygen atoms in total. The van der Waals surface area contributed by atoms with Gasteiger partial charge in [-0.05, 0) is 320 Å². The summed E-state index contributed by atoms with van der Waals surface area (Å²) < 4.78 is 52.7. The van der Waals surface area contributed by atoms with E-state index in [9.17, 15) is 38.4 Å². The first-order chi connectivity index (χ1) is 53.3. The molecule has 41 atom stereocenters. The highest BCUT2D eigenvalue weighted by atomic mass is 16.6. The minimum Gasteiger partial charge on any atom is -0.465 e. The van der Waals surface area contributed by atoms with Crippen LogP contribution < -0.4 is 0 Å². The van der Waals surface area contributed by atoms with Gasteiger partial charge in [0.2, 0.25) is 0 Å². The average Bonchev–Trinajstić information content (AvgIpc) is 1.52. The number of cyclic esters (lactones) is 8. The number of rotatable bonds is 3. The Labute approximate surface area is 660 Å². The number of ether oxygens (including phenoxy) is 10. The Morgan fingerprint density at radius 1 is 0.351 bits per heavy atom. The quantitative estimate of drug-likeness (QED) is 0.145. The van der Waals surface area contributed by atoms with Crippen LogP contribution in [0, 0.1) is 228 Å². The molecule has 41 unspecified atom stereocenters. The van der Waals surface area contributed by atoms with Crippen molar-refractivity contribution in [1.29, 1.82) is 0 Å². The minimum atomic E-state index is -0.0255. The molecule has 18 aliphatic carbocycles. The summed E-state index contributed by atoms with van der Waals surface area (Å²) in [5.74, 6) is 24.4. The fraction of sp³-hybridized carbons (Fsp3) is 0.914. The van der Waals surface area contributed by atoms with E-state index in [4.69, 9.17) is 47.4 Å². The third-order valence-corrected chi connectivity index (χ3v) is 39.3. The molecule has 26 rings (SSSR count). The maximum atomic E-state index is 12.2. The van der Waals surface area contributed by atoms with Gasteiger partial charge in [0.05, 0.1) is 112 Å². The maximum absolute atomic E-state index is 12.2. The molecule has 5 spiro atoms. The standard InChI is InChI=1S/C16H22O2.C12H18O3.C11H16O3.4C11H16O2.C10H14O2/c1-8-4-9-5-11(8)14-12-6-10(13(9)14)7-16(12)2-3-18-15(16)17;1-3-14-11-6(2)7-4-8(11)10-9(7)5-15-12(10)13;1-5-6-3-7(10(5)13-2)9-8(6)4-14-11(9)12;1-7-2-9-3-8(7)4-11(9)5-10(12)13-6-11;1-7-2-8-3-9(7)11(4-8)5-10(12)13-6-11;1-7-4-9-5-8(7)6-11(9)2-3-13-10(11)12;1-7-4-8-5-9(7)11(6-8)2-3-13-10(11)12;1-5-2-6-3-7(5)9-8(6)4-12-10(9)11/h8-14H,2-7H2,1H3;6-11H,3-5H2,1-2H3;5-10H,3-4H2,1-2H3;4*7-9H,2-6H2,1H3;5-9H,2-4H2,1H3. The number of carbonyl (C=O) groups is 8. The van der Waals surface area contributed by atoms with Crippen LogP contribution in [0.5, 0.6) is 0 Å². The molecule has 18 bridgehead atoms. The van der Waals surface area contributed by atoms with E-state index in [1.807, 2.05) is 6.92 Å². The van der Waals surface area contributed by atoms with Gasteiger partial charge >= 0.3 is 47.8 Å². The molecule has 26 aliphatic rings.